The summed E-state index contributed by atoms with van der Waals surface area (Å²) in [6.45, 7) is 4.33. The SMILES string of the molecule is COc1cc(NC2=NC(C)CC(C)S2)c(OC)cc1Cl. The van der Waals surface area contributed by atoms with Crippen molar-refractivity contribution in [1.82, 2.24) is 0 Å². The number of rotatable bonds is 3. The van der Waals surface area contributed by atoms with Crippen molar-refractivity contribution in [2.45, 2.75) is 31.6 Å². The van der Waals surface area contributed by atoms with E-state index in [1.54, 1.807) is 32.0 Å². The molecule has 0 aromatic heterocycles. The monoisotopic (exact) mass is 314 g/mol. The molecule has 0 radical (unpaired) electrons. The summed E-state index contributed by atoms with van der Waals surface area (Å²) >= 11 is 7.83. The molecule has 1 N–H and O–H groups in total. The van der Waals surface area contributed by atoms with E-state index in [0.29, 0.717) is 27.8 Å². The zero-order valence-corrected chi connectivity index (χ0v) is 13.6. The van der Waals surface area contributed by atoms with Gasteiger partial charge in [-0.25, -0.2) is 0 Å². The number of hydrogen-bond donors (Lipinski definition) is 1. The molecule has 1 heterocycles. The van der Waals surface area contributed by atoms with Crippen LogP contribution in [-0.4, -0.2) is 30.7 Å². The summed E-state index contributed by atoms with van der Waals surface area (Å²) in [4.78, 5) is 4.62. The average molecular weight is 315 g/mol. The number of methoxy groups -OCH3 is 2. The molecule has 0 saturated heterocycles. The van der Waals surface area contributed by atoms with E-state index in [9.17, 15) is 0 Å². The predicted octanol–water partition coefficient (Wildman–Crippen LogP) is 4.04. The van der Waals surface area contributed by atoms with E-state index in [0.717, 1.165) is 17.3 Å². The maximum Gasteiger partial charge on any atom is 0.161 e. The highest BCUT2D eigenvalue weighted by molar-refractivity contribution is 8.14. The molecular formula is C14H19ClN2O2S. The Bertz CT molecular complexity index is 522. The molecule has 0 fully saturated rings. The summed E-state index contributed by atoms with van der Waals surface area (Å²) in [7, 11) is 3.21. The van der Waals surface area contributed by atoms with Crippen LogP contribution in [0.2, 0.25) is 5.02 Å². The molecule has 1 aromatic rings. The van der Waals surface area contributed by atoms with Crippen LogP contribution in [0.3, 0.4) is 0 Å². The van der Waals surface area contributed by atoms with E-state index in [4.69, 9.17) is 21.1 Å². The maximum absolute atomic E-state index is 6.10. The van der Waals surface area contributed by atoms with Crippen LogP contribution in [0.15, 0.2) is 17.1 Å². The highest BCUT2D eigenvalue weighted by Crippen LogP contribution is 2.37. The third kappa shape index (κ3) is 3.52. The molecule has 1 aromatic carbocycles. The zero-order valence-electron chi connectivity index (χ0n) is 12.1. The summed E-state index contributed by atoms with van der Waals surface area (Å²) in [6.07, 6.45) is 1.09. The van der Waals surface area contributed by atoms with E-state index < -0.39 is 0 Å². The number of nitrogens with zero attached hydrogens (tertiary/aromatic N) is 1. The van der Waals surface area contributed by atoms with Gasteiger partial charge in [0.15, 0.2) is 5.17 Å². The minimum Gasteiger partial charge on any atom is -0.495 e. The molecule has 6 heteroatoms. The second-order valence-electron chi connectivity index (χ2n) is 4.76. The van der Waals surface area contributed by atoms with Gasteiger partial charge < -0.3 is 14.8 Å². The van der Waals surface area contributed by atoms with E-state index in [1.807, 2.05) is 6.07 Å². The quantitative estimate of drug-likeness (QED) is 0.914. The fourth-order valence-corrected chi connectivity index (χ4v) is 3.53. The molecule has 20 heavy (non-hydrogen) atoms. The van der Waals surface area contributed by atoms with Gasteiger partial charge in [0.25, 0.3) is 0 Å². The molecule has 1 aliphatic heterocycles. The van der Waals surface area contributed by atoms with Crippen molar-refractivity contribution in [2.24, 2.45) is 4.99 Å². The van der Waals surface area contributed by atoms with Gasteiger partial charge in [0.05, 0.1) is 31.0 Å². The van der Waals surface area contributed by atoms with Gasteiger partial charge in [0.1, 0.15) is 11.5 Å². The number of nitrogens with one attached hydrogen (secondary N) is 1. The molecule has 110 valence electrons. The number of halogens is 1. The maximum atomic E-state index is 6.10. The molecule has 0 bridgehead atoms. The van der Waals surface area contributed by atoms with Gasteiger partial charge >= 0.3 is 0 Å². The molecule has 1 aliphatic rings. The minimum atomic E-state index is 0.328. The minimum absolute atomic E-state index is 0.328. The molecule has 0 spiro atoms. The van der Waals surface area contributed by atoms with Crippen molar-refractivity contribution in [1.29, 1.82) is 0 Å². The fraction of sp³-hybridized carbons (Fsp3) is 0.500. The Balaban J connectivity index is 2.28. The van der Waals surface area contributed by atoms with Crippen LogP contribution >= 0.6 is 23.4 Å². The number of benzene rings is 1. The number of thioether (sulfide) groups is 1. The number of amidine groups is 1. The Kier molecular flexibility index (Phi) is 5.05. The Morgan fingerprint density at radius 1 is 1.25 bits per heavy atom. The van der Waals surface area contributed by atoms with Crippen molar-refractivity contribution in [3.8, 4) is 11.5 Å². The number of aliphatic imine (C=N–C) groups is 1. The summed E-state index contributed by atoms with van der Waals surface area (Å²) in [5, 5.41) is 5.28. The topological polar surface area (TPSA) is 42.8 Å². The van der Waals surface area contributed by atoms with Crippen molar-refractivity contribution in [3.05, 3.63) is 17.2 Å². The van der Waals surface area contributed by atoms with Crippen molar-refractivity contribution >= 4 is 34.2 Å². The first-order valence-corrected chi connectivity index (χ1v) is 7.72. The van der Waals surface area contributed by atoms with E-state index in [2.05, 4.69) is 24.2 Å². The third-order valence-corrected chi connectivity index (χ3v) is 4.36. The third-order valence-electron chi connectivity index (χ3n) is 3.04. The molecule has 0 amide bonds. The van der Waals surface area contributed by atoms with Crippen molar-refractivity contribution in [3.63, 3.8) is 0 Å². The van der Waals surface area contributed by atoms with Crippen LogP contribution in [0, 0.1) is 0 Å². The van der Waals surface area contributed by atoms with Gasteiger partial charge in [0, 0.05) is 17.4 Å². The van der Waals surface area contributed by atoms with Gasteiger partial charge in [-0.2, -0.15) is 0 Å². The molecule has 2 atom stereocenters. The van der Waals surface area contributed by atoms with E-state index in [1.165, 1.54) is 0 Å². The normalized spacial score (nSPS) is 22.1. The number of hydrogen-bond acceptors (Lipinski definition) is 5. The molecular weight excluding hydrogens is 296 g/mol. The second-order valence-corrected chi connectivity index (χ2v) is 6.59. The first-order valence-electron chi connectivity index (χ1n) is 6.46. The standard InChI is InChI=1S/C14H19ClN2O2S/c1-8-5-9(2)20-14(16-8)17-11-7-12(18-3)10(15)6-13(11)19-4/h6-9H,5H2,1-4H3,(H,16,17). The molecule has 2 rings (SSSR count). The van der Waals surface area contributed by atoms with E-state index in [-0.39, 0.29) is 0 Å². The highest BCUT2D eigenvalue weighted by Gasteiger charge is 2.20. The fourth-order valence-electron chi connectivity index (χ4n) is 2.14. The Morgan fingerprint density at radius 3 is 2.55 bits per heavy atom. The lowest BCUT2D eigenvalue weighted by Crippen LogP contribution is -2.22. The van der Waals surface area contributed by atoms with Crippen LogP contribution in [0.5, 0.6) is 11.5 Å². The van der Waals surface area contributed by atoms with Crippen LogP contribution in [0.25, 0.3) is 0 Å². The Labute approximate surface area is 128 Å². The number of anilines is 1. The zero-order chi connectivity index (χ0) is 14.7. The Hall–Kier alpha value is -1.07. The van der Waals surface area contributed by atoms with E-state index >= 15 is 0 Å². The lowest BCUT2D eigenvalue weighted by Gasteiger charge is -2.23. The average Bonchev–Trinajstić information content (AvgIpc) is 2.39. The summed E-state index contributed by atoms with van der Waals surface area (Å²) in [5.74, 6) is 1.28. The number of ether oxygens (including phenoxy) is 2. The van der Waals surface area contributed by atoms with Crippen molar-refractivity contribution < 1.29 is 9.47 Å². The largest absolute Gasteiger partial charge is 0.495 e. The lowest BCUT2D eigenvalue weighted by atomic mass is 10.2. The van der Waals surface area contributed by atoms with Crippen LogP contribution in [0.1, 0.15) is 20.3 Å². The summed E-state index contributed by atoms with van der Waals surface area (Å²) < 4.78 is 10.6. The van der Waals surface area contributed by atoms with Crippen LogP contribution in [0.4, 0.5) is 5.69 Å². The lowest BCUT2D eigenvalue weighted by molar-refractivity contribution is 0.405. The van der Waals surface area contributed by atoms with Gasteiger partial charge in [-0.05, 0) is 13.3 Å². The molecule has 0 saturated carbocycles. The smallest absolute Gasteiger partial charge is 0.161 e. The summed E-state index contributed by atoms with van der Waals surface area (Å²) in [5.41, 5.74) is 0.807. The summed E-state index contributed by atoms with van der Waals surface area (Å²) in [6, 6.07) is 3.90. The molecule has 4 nitrogen and oxygen atoms in total. The molecule has 0 aliphatic carbocycles. The van der Waals surface area contributed by atoms with Gasteiger partial charge in [-0.15, -0.1) is 0 Å². The van der Waals surface area contributed by atoms with Crippen LogP contribution in [-0.2, 0) is 0 Å². The van der Waals surface area contributed by atoms with Gasteiger partial charge in [-0.3, -0.25) is 4.99 Å². The Morgan fingerprint density at radius 2 is 1.95 bits per heavy atom. The first kappa shape index (κ1) is 15.3. The van der Waals surface area contributed by atoms with Crippen LogP contribution < -0.4 is 14.8 Å². The van der Waals surface area contributed by atoms with Gasteiger partial charge in [-0.1, -0.05) is 30.3 Å². The second kappa shape index (κ2) is 6.59. The molecule has 2 unspecified atom stereocenters. The van der Waals surface area contributed by atoms with Crippen molar-refractivity contribution in [2.75, 3.05) is 19.5 Å². The first-order chi connectivity index (χ1) is 9.53. The highest BCUT2D eigenvalue weighted by atomic mass is 35.5. The van der Waals surface area contributed by atoms with Gasteiger partial charge in [0.2, 0.25) is 0 Å². The predicted molar refractivity (Wildman–Crippen MR) is 86.7 cm³/mol.